The molecule has 6 nitrogen and oxygen atoms in total. The molecule has 0 aliphatic heterocycles. The Hall–Kier alpha value is -2.38. The van der Waals surface area contributed by atoms with Crippen molar-refractivity contribution in [2.45, 2.75) is 20.8 Å². The molecule has 0 spiro atoms. The zero-order chi connectivity index (χ0) is 19.6. The van der Waals surface area contributed by atoms with E-state index in [1.807, 2.05) is 39.0 Å². The van der Waals surface area contributed by atoms with Crippen molar-refractivity contribution in [1.29, 1.82) is 0 Å². The number of fused-ring (bicyclic) bond motifs is 1. The molecule has 0 aliphatic carbocycles. The Balaban J connectivity index is 1.85. The van der Waals surface area contributed by atoms with E-state index in [2.05, 4.69) is 5.10 Å². The van der Waals surface area contributed by atoms with Crippen LogP contribution in [0.4, 0.5) is 0 Å². The van der Waals surface area contributed by atoms with Gasteiger partial charge in [-0.1, -0.05) is 23.7 Å². The van der Waals surface area contributed by atoms with Gasteiger partial charge in [0.1, 0.15) is 9.71 Å². The van der Waals surface area contributed by atoms with Crippen LogP contribution in [-0.2, 0) is 9.53 Å². The minimum absolute atomic E-state index is 0.201. The Morgan fingerprint density at radius 1 is 1.26 bits per heavy atom. The van der Waals surface area contributed by atoms with Crippen LogP contribution in [0.25, 0.3) is 15.9 Å². The van der Waals surface area contributed by atoms with Crippen molar-refractivity contribution >= 4 is 45.0 Å². The van der Waals surface area contributed by atoms with Gasteiger partial charge in [-0.15, -0.1) is 11.3 Å². The molecule has 0 aliphatic rings. The van der Waals surface area contributed by atoms with E-state index < -0.39 is 5.97 Å². The normalized spacial score (nSPS) is 11.0. The minimum Gasteiger partial charge on any atom is -0.451 e. The van der Waals surface area contributed by atoms with Gasteiger partial charge in [0, 0.05) is 18.5 Å². The number of nitrogens with zero attached hydrogens (tertiary/aromatic N) is 3. The molecule has 0 fully saturated rings. The SMILES string of the molecule is CCN(CC)C(=O)COC(=O)c1cc2c(C)nn(-c3ccccc3Cl)c2s1. The number of likely N-dealkylation sites (N-methyl/N-ethyl adjacent to an activating group) is 1. The summed E-state index contributed by atoms with van der Waals surface area (Å²) in [6.07, 6.45) is 0. The van der Waals surface area contributed by atoms with Crippen LogP contribution in [0.3, 0.4) is 0 Å². The summed E-state index contributed by atoms with van der Waals surface area (Å²) in [4.78, 5) is 27.3. The third kappa shape index (κ3) is 3.84. The van der Waals surface area contributed by atoms with E-state index in [1.165, 1.54) is 11.3 Å². The fourth-order valence-electron chi connectivity index (χ4n) is 2.80. The lowest BCUT2D eigenvalue weighted by Crippen LogP contribution is -2.34. The van der Waals surface area contributed by atoms with Crippen LogP contribution in [0.15, 0.2) is 30.3 Å². The van der Waals surface area contributed by atoms with Gasteiger partial charge >= 0.3 is 5.97 Å². The third-order valence-corrected chi connectivity index (χ3v) is 5.68. The van der Waals surface area contributed by atoms with Gasteiger partial charge in [0.15, 0.2) is 6.61 Å². The van der Waals surface area contributed by atoms with Gasteiger partial charge in [0.2, 0.25) is 0 Å². The second kappa shape index (κ2) is 8.10. The first-order valence-corrected chi connectivity index (χ1v) is 9.84. The highest BCUT2D eigenvalue weighted by Crippen LogP contribution is 2.32. The highest BCUT2D eigenvalue weighted by molar-refractivity contribution is 7.20. The summed E-state index contributed by atoms with van der Waals surface area (Å²) >= 11 is 7.56. The summed E-state index contributed by atoms with van der Waals surface area (Å²) in [5, 5.41) is 5.97. The quantitative estimate of drug-likeness (QED) is 0.580. The van der Waals surface area contributed by atoms with Crippen molar-refractivity contribution in [1.82, 2.24) is 14.7 Å². The summed E-state index contributed by atoms with van der Waals surface area (Å²) in [5.74, 6) is -0.713. The highest BCUT2D eigenvalue weighted by atomic mass is 35.5. The molecule has 1 amide bonds. The van der Waals surface area contributed by atoms with Gasteiger partial charge in [-0.2, -0.15) is 5.10 Å². The molecule has 1 aromatic carbocycles. The number of rotatable bonds is 6. The first-order valence-electron chi connectivity index (χ1n) is 8.65. The summed E-state index contributed by atoms with van der Waals surface area (Å²) < 4.78 is 6.94. The predicted molar refractivity (Wildman–Crippen MR) is 107 cm³/mol. The number of thiophene rings is 1. The topological polar surface area (TPSA) is 64.4 Å². The maximum atomic E-state index is 12.4. The minimum atomic E-state index is -0.512. The number of carbonyl (C=O) groups excluding carboxylic acids is 2. The molecule has 3 rings (SSSR count). The Labute approximate surface area is 166 Å². The van der Waals surface area contributed by atoms with E-state index in [4.69, 9.17) is 16.3 Å². The second-order valence-electron chi connectivity index (χ2n) is 5.92. The number of esters is 1. The largest absolute Gasteiger partial charge is 0.451 e. The number of para-hydroxylation sites is 1. The van der Waals surface area contributed by atoms with E-state index in [9.17, 15) is 9.59 Å². The van der Waals surface area contributed by atoms with Crippen LogP contribution in [0.5, 0.6) is 0 Å². The number of ether oxygens (including phenoxy) is 1. The van der Waals surface area contributed by atoms with E-state index in [1.54, 1.807) is 21.7 Å². The molecule has 0 atom stereocenters. The number of carbonyl (C=O) groups is 2. The molecule has 0 bridgehead atoms. The standard InChI is InChI=1S/C19H20ClN3O3S/c1-4-22(5-2)17(24)11-26-19(25)16-10-13-12(3)21-23(18(13)27-16)15-9-7-6-8-14(15)20/h6-10H,4-5,11H2,1-3H3. The lowest BCUT2D eigenvalue weighted by atomic mass is 10.3. The van der Waals surface area contributed by atoms with Gasteiger partial charge in [0.05, 0.1) is 16.4 Å². The first kappa shape index (κ1) is 19.4. The van der Waals surface area contributed by atoms with Gasteiger partial charge in [-0.25, -0.2) is 9.48 Å². The third-order valence-electron chi connectivity index (χ3n) is 4.27. The number of amides is 1. The Kier molecular flexibility index (Phi) is 5.82. The van der Waals surface area contributed by atoms with Crippen LogP contribution >= 0.6 is 22.9 Å². The lowest BCUT2D eigenvalue weighted by molar-refractivity contribution is -0.134. The van der Waals surface area contributed by atoms with Gasteiger partial charge < -0.3 is 9.64 Å². The number of aryl methyl sites for hydroxylation is 1. The van der Waals surface area contributed by atoms with Crippen molar-refractivity contribution in [3.05, 3.63) is 45.9 Å². The average Bonchev–Trinajstić information content (AvgIpc) is 3.22. The van der Waals surface area contributed by atoms with Crippen LogP contribution < -0.4 is 0 Å². The maximum Gasteiger partial charge on any atom is 0.348 e. The van der Waals surface area contributed by atoms with Crippen LogP contribution in [0.2, 0.25) is 5.02 Å². The zero-order valence-corrected chi connectivity index (χ0v) is 16.9. The molecule has 0 radical (unpaired) electrons. The molecule has 0 unspecified atom stereocenters. The molecule has 2 heterocycles. The van der Waals surface area contributed by atoms with Crippen molar-refractivity contribution in [3.8, 4) is 5.69 Å². The van der Waals surface area contributed by atoms with Crippen LogP contribution in [0.1, 0.15) is 29.2 Å². The Morgan fingerprint density at radius 2 is 1.96 bits per heavy atom. The van der Waals surface area contributed by atoms with Crippen molar-refractivity contribution in [2.24, 2.45) is 0 Å². The van der Waals surface area contributed by atoms with Gasteiger partial charge in [0.25, 0.3) is 5.91 Å². The molecule has 3 aromatic rings. The summed E-state index contributed by atoms with van der Waals surface area (Å²) in [6, 6.07) is 9.14. The van der Waals surface area contributed by atoms with Crippen LogP contribution in [0, 0.1) is 6.92 Å². The van der Waals surface area contributed by atoms with Crippen molar-refractivity contribution in [2.75, 3.05) is 19.7 Å². The maximum absolute atomic E-state index is 12.4. The summed E-state index contributed by atoms with van der Waals surface area (Å²) in [7, 11) is 0. The fourth-order valence-corrected chi connectivity index (χ4v) is 4.09. The molecule has 0 saturated carbocycles. The van der Waals surface area contributed by atoms with E-state index in [0.717, 1.165) is 21.6 Å². The summed E-state index contributed by atoms with van der Waals surface area (Å²) in [6.45, 7) is 6.56. The zero-order valence-electron chi connectivity index (χ0n) is 15.4. The number of hydrogen-bond donors (Lipinski definition) is 0. The molecule has 0 N–H and O–H groups in total. The van der Waals surface area contributed by atoms with Gasteiger partial charge in [-0.3, -0.25) is 4.79 Å². The second-order valence-corrected chi connectivity index (χ2v) is 7.36. The Morgan fingerprint density at radius 3 is 2.63 bits per heavy atom. The monoisotopic (exact) mass is 405 g/mol. The Bertz CT molecular complexity index is 991. The summed E-state index contributed by atoms with van der Waals surface area (Å²) in [5.41, 5.74) is 1.54. The van der Waals surface area contributed by atoms with Gasteiger partial charge in [-0.05, 0) is 39.0 Å². The predicted octanol–water partition coefficient (Wildman–Crippen LogP) is 4.07. The fraction of sp³-hybridized carbons (Fsp3) is 0.316. The highest BCUT2D eigenvalue weighted by Gasteiger charge is 2.20. The molecule has 0 saturated heterocycles. The number of benzene rings is 1. The molecular formula is C19H20ClN3O3S. The molecule has 27 heavy (non-hydrogen) atoms. The van der Waals surface area contributed by atoms with E-state index in [-0.39, 0.29) is 12.5 Å². The smallest absolute Gasteiger partial charge is 0.348 e. The first-order chi connectivity index (χ1) is 13.0. The number of aromatic nitrogens is 2. The van der Waals surface area contributed by atoms with Crippen molar-refractivity contribution < 1.29 is 14.3 Å². The lowest BCUT2D eigenvalue weighted by Gasteiger charge is -2.17. The van der Waals surface area contributed by atoms with Crippen molar-refractivity contribution in [3.63, 3.8) is 0 Å². The molecular weight excluding hydrogens is 386 g/mol. The number of hydrogen-bond acceptors (Lipinski definition) is 5. The van der Waals surface area contributed by atoms with E-state index in [0.29, 0.717) is 23.0 Å². The van der Waals surface area contributed by atoms with Crippen LogP contribution in [-0.4, -0.2) is 46.3 Å². The number of halogens is 1. The molecule has 2 aromatic heterocycles. The average molecular weight is 406 g/mol. The molecule has 8 heteroatoms. The molecule has 142 valence electrons. The van der Waals surface area contributed by atoms with E-state index >= 15 is 0 Å².